The molecule has 5 heteroatoms. The number of anilines is 1. The van der Waals surface area contributed by atoms with E-state index in [1.165, 1.54) is 5.69 Å². The Balaban J connectivity index is 1.87. The maximum atomic E-state index is 12.4. The highest BCUT2D eigenvalue weighted by atomic mass is 16.5. The molecule has 1 amide bonds. The molecule has 2 atom stereocenters. The summed E-state index contributed by atoms with van der Waals surface area (Å²) < 4.78 is 5.71. The van der Waals surface area contributed by atoms with Crippen molar-refractivity contribution in [2.45, 2.75) is 32.6 Å². The molecule has 1 fully saturated rings. The molecule has 0 saturated carbocycles. The van der Waals surface area contributed by atoms with Crippen molar-refractivity contribution in [1.82, 2.24) is 9.80 Å². The minimum absolute atomic E-state index is 0.156. The van der Waals surface area contributed by atoms with Crippen molar-refractivity contribution in [3.8, 4) is 0 Å². The van der Waals surface area contributed by atoms with Gasteiger partial charge in [0.05, 0.1) is 18.8 Å². The zero-order chi connectivity index (χ0) is 17.0. The number of morpholine rings is 1. The Morgan fingerprint density at radius 3 is 2.22 bits per heavy atom. The van der Waals surface area contributed by atoms with Gasteiger partial charge in [0.1, 0.15) is 0 Å². The number of likely N-dealkylation sites (N-methyl/N-ethyl adjacent to an activating group) is 1. The summed E-state index contributed by atoms with van der Waals surface area (Å²) in [5, 5.41) is 0. The number of nitrogens with zero attached hydrogens (tertiary/aromatic N) is 3. The lowest BCUT2D eigenvalue weighted by Gasteiger charge is -2.35. The first-order valence-corrected chi connectivity index (χ1v) is 8.23. The van der Waals surface area contributed by atoms with Gasteiger partial charge in [-0.15, -0.1) is 0 Å². The number of hydrogen-bond donors (Lipinski definition) is 0. The summed E-state index contributed by atoms with van der Waals surface area (Å²) in [6.45, 7) is 6.86. The molecular formula is C18H29N3O2. The molecule has 0 aromatic heterocycles. The standard InChI is InChI=1S/C18H29N3O2/c1-14-10-21(11-15(2)23-14)13-18(22)20(5)12-16-6-8-17(9-7-16)19(3)4/h6-9,14-15H,10-13H2,1-5H3/t14-,15-/m1/s1. The van der Waals surface area contributed by atoms with Crippen LogP contribution >= 0.6 is 0 Å². The van der Waals surface area contributed by atoms with Gasteiger partial charge in [-0.2, -0.15) is 0 Å². The SMILES string of the molecule is C[C@@H]1CN(CC(=O)N(C)Cc2ccc(N(C)C)cc2)C[C@@H](C)O1. The second-order valence-electron chi connectivity index (χ2n) is 6.76. The summed E-state index contributed by atoms with van der Waals surface area (Å²) in [5.41, 5.74) is 2.31. The van der Waals surface area contributed by atoms with Gasteiger partial charge < -0.3 is 14.5 Å². The summed E-state index contributed by atoms with van der Waals surface area (Å²) in [4.78, 5) is 18.5. The van der Waals surface area contributed by atoms with Crippen molar-refractivity contribution in [3.63, 3.8) is 0 Å². The molecule has 1 aliphatic heterocycles. The Bertz CT molecular complexity index is 506. The number of hydrogen-bond acceptors (Lipinski definition) is 4. The lowest BCUT2D eigenvalue weighted by Crippen LogP contribution is -2.49. The van der Waals surface area contributed by atoms with E-state index < -0.39 is 0 Å². The maximum Gasteiger partial charge on any atom is 0.236 e. The lowest BCUT2D eigenvalue weighted by atomic mass is 10.2. The van der Waals surface area contributed by atoms with Crippen LogP contribution in [-0.4, -0.2) is 68.7 Å². The van der Waals surface area contributed by atoms with Gasteiger partial charge in [-0.3, -0.25) is 9.69 Å². The van der Waals surface area contributed by atoms with Gasteiger partial charge in [0.25, 0.3) is 0 Å². The molecule has 1 heterocycles. The Labute approximate surface area is 139 Å². The summed E-state index contributed by atoms with van der Waals surface area (Å²) in [6.07, 6.45) is 0.380. The molecule has 1 saturated heterocycles. The van der Waals surface area contributed by atoms with Crippen LogP contribution in [0.1, 0.15) is 19.4 Å². The molecule has 0 aliphatic carbocycles. The zero-order valence-electron chi connectivity index (χ0n) is 15.0. The Kier molecular flexibility index (Phi) is 6.02. The highest BCUT2D eigenvalue weighted by Crippen LogP contribution is 2.14. The molecule has 0 unspecified atom stereocenters. The first kappa shape index (κ1) is 17.8. The molecule has 1 aromatic carbocycles. The number of ether oxygens (including phenoxy) is 1. The van der Waals surface area contributed by atoms with E-state index in [2.05, 4.69) is 47.9 Å². The minimum Gasteiger partial charge on any atom is -0.378 e. The first-order chi connectivity index (χ1) is 10.8. The van der Waals surface area contributed by atoms with Crippen LogP contribution in [0.3, 0.4) is 0 Å². The molecule has 5 nitrogen and oxygen atoms in total. The van der Waals surface area contributed by atoms with Crippen LogP contribution in [0, 0.1) is 0 Å². The fourth-order valence-electron chi connectivity index (χ4n) is 2.99. The van der Waals surface area contributed by atoms with Crippen molar-refractivity contribution in [2.24, 2.45) is 0 Å². The average Bonchev–Trinajstić information content (AvgIpc) is 2.46. The van der Waals surface area contributed by atoms with Crippen molar-refractivity contribution in [1.29, 1.82) is 0 Å². The Morgan fingerprint density at radius 1 is 1.13 bits per heavy atom. The second kappa shape index (κ2) is 7.79. The second-order valence-corrected chi connectivity index (χ2v) is 6.76. The molecule has 23 heavy (non-hydrogen) atoms. The van der Waals surface area contributed by atoms with E-state index >= 15 is 0 Å². The lowest BCUT2D eigenvalue weighted by molar-refractivity contribution is -0.135. The van der Waals surface area contributed by atoms with E-state index in [9.17, 15) is 4.79 Å². The summed E-state index contributed by atoms with van der Waals surface area (Å²) in [6, 6.07) is 8.33. The van der Waals surface area contributed by atoms with Gasteiger partial charge in [-0.1, -0.05) is 12.1 Å². The van der Waals surface area contributed by atoms with Crippen LogP contribution in [-0.2, 0) is 16.1 Å². The van der Waals surface area contributed by atoms with Crippen molar-refractivity contribution < 1.29 is 9.53 Å². The van der Waals surface area contributed by atoms with E-state index in [1.54, 1.807) is 4.90 Å². The summed E-state index contributed by atoms with van der Waals surface area (Å²) in [7, 11) is 5.92. The minimum atomic E-state index is 0.156. The molecule has 0 bridgehead atoms. The predicted octanol–water partition coefficient (Wildman–Crippen LogP) is 1.82. The third-order valence-electron chi connectivity index (χ3n) is 4.15. The number of benzene rings is 1. The van der Waals surface area contributed by atoms with Gasteiger partial charge in [0, 0.05) is 46.5 Å². The van der Waals surface area contributed by atoms with Gasteiger partial charge in [0.15, 0.2) is 0 Å². The summed E-state index contributed by atoms with van der Waals surface area (Å²) >= 11 is 0. The maximum absolute atomic E-state index is 12.4. The van der Waals surface area contributed by atoms with E-state index in [-0.39, 0.29) is 18.1 Å². The Hall–Kier alpha value is -1.59. The highest BCUT2D eigenvalue weighted by molar-refractivity contribution is 5.78. The quantitative estimate of drug-likeness (QED) is 0.829. The van der Waals surface area contributed by atoms with Gasteiger partial charge >= 0.3 is 0 Å². The van der Waals surface area contributed by atoms with Crippen LogP contribution in [0.25, 0.3) is 0 Å². The first-order valence-electron chi connectivity index (χ1n) is 8.23. The van der Waals surface area contributed by atoms with Gasteiger partial charge in [0.2, 0.25) is 5.91 Å². The molecule has 0 N–H and O–H groups in total. The average molecular weight is 319 g/mol. The number of carbonyl (C=O) groups excluding carboxylic acids is 1. The fourth-order valence-corrected chi connectivity index (χ4v) is 2.99. The van der Waals surface area contributed by atoms with Crippen LogP contribution in [0.15, 0.2) is 24.3 Å². The number of amides is 1. The molecule has 0 radical (unpaired) electrons. The predicted molar refractivity (Wildman–Crippen MR) is 93.7 cm³/mol. The smallest absolute Gasteiger partial charge is 0.236 e. The topological polar surface area (TPSA) is 36.0 Å². The van der Waals surface area contributed by atoms with Crippen LogP contribution in [0.2, 0.25) is 0 Å². The molecular weight excluding hydrogens is 290 g/mol. The third kappa shape index (κ3) is 5.22. The highest BCUT2D eigenvalue weighted by Gasteiger charge is 2.24. The number of carbonyl (C=O) groups is 1. The monoisotopic (exact) mass is 319 g/mol. The van der Waals surface area contributed by atoms with Crippen LogP contribution in [0.4, 0.5) is 5.69 Å². The largest absolute Gasteiger partial charge is 0.378 e. The van der Waals surface area contributed by atoms with E-state index in [1.807, 2.05) is 21.1 Å². The van der Waals surface area contributed by atoms with Crippen molar-refractivity contribution in [2.75, 3.05) is 45.7 Å². The zero-order valence-corrected chi connectivity index (χ0v) is 15.0. The summed E-state index contributed by atoms with van der Waals surface area (Å²) in [5.74, 6) is 0.156. The van der Waals surface area contributed by atoms with Crippen LogP contribution in [0.5, 0.6) is 0 Å². The molecule has 2 rings (SSSR count). The van der Waals surface area contributed by atoms with E-state index in [4.69, 9.17) is 4.74 Å². The van der Waals surface area contributed by atoms with E-state index in [0.29, 0.717) is 13.1 Å². The Morgan fingerprint density at radius 2 is 1.70 bits per heavy atom. The van der Waals surface area contributed by atoms with Crippen LogP contribution < -0.4 is 4.90 Å². The molecule has 128 valence electrons. The normalized spacial score (nSPS) is 22.0. The molecule has 0 spiro atoms. The van der Waals surface area contributed by atoms with Crippen molar-refractivity contribution in [3.05, 3.63) is 29.8 Å². The molecule has 1 aromatic rings. The van der Waals surface area contributed by atoms with Gasteiger partial charge in [-0.25, -0.2) is 0 Å². The van der Waals surface area contributed by atoms with Crippen molar-refractivity contribution >= 4 is 11.6 Å². The number of rotatable bonds is 5. The third-order valence-corrected chi connectivity index (χ3v) is 4.15. The van der Waals surface area contributed by atoms with E-state index in [0.717, 1.165) is 18.7 Å². The molecule has 1 aliphatic rings. The fraction of sp³-hybridized carbons (Fsp3) is 0.611. The van der Waals surface area contributed by atoms with Gasteiger partial charge in [-0.05, 0) is 31.5 Å².